The third-order valence-corrected chi connectivity index (χ3v) is 3.83. The van der Waals surface area contributed by atoms with Crippen molar-refractivity contribution in [2.45, 2.75) is 26.3 Å². The molecule has 1 fully saturated rings. The van der Waals surface area contributed by atoms with Crippen molar-refractivity contribution in [3.63, 3.8) is 0 Å². The summed E-state index contributed by atoms with van der Waals surface area (Å²) < 4.78 is 0. The van der Waals surface area contributed by atoms with E-state index < -0.39 is 0 Å². The Labute approximate surface area is 125 Å². The van der Waals surface area contributed by atoms with E-state index in [1.807, 2.05) is 20.2 Å². The number of hydrogen-bond donors (Lipinski definition) is 0. The maximum absolute atomic E-state index is 4.45. The topological polar surface area (TPSA) is 45.2 Å². The summed E-state index contributed by atoms with van der Waals surface area (Å²) in [5.74, 6) is 1.97. The zero-order valence-corrected chi connectivity index (χ0v) is 12.7. The van der Waals surface area contributed by atoms with Crippen molar-refractivity contribution in [1.82, 2.24) is 15.0 Å². The van der Waals surface area contributed by atoms with Gasteiger partial charge in [0.05, 0.1) is 12.2 Å². The Kier molecular flexibility index (Phi) is 3.99. The smallest absolute Gasteiger partial charge is 0.134 e. The van der Waals surface area contributed by atoms with Gasteiger partial charge in [-0.3, -0.25) is 4.98 Å². The van der Waals surface area contributed by atoms with Gasteiger partial charge < -0.3 is 9.80 Å². The quantitative estimate of drug-likeness (QED) is 0.862. The second-order valence-electron chi connectivity index (χ2n) is 5.61. The molecule has 1 aliphatic rings. The number of pyridine rings is 1. The Balaban J connectivity index is 1.73. The van der Waals surface area contributed by atoms with Gasteiger partial charge in [0, 0.05) is 32.4 Å². The summed E-state index contributed by atoms with van der Waals surface area (Å²) in [6, 6.07) is 6.22. The number of aromatic nitrogens is 3. The molecule has 0 unspecified atom stereocenters. The minimum Gasteiger partial charge on any atom is -0.356 e. The van der Waals surface area contributed by atoms with Gasteiger partial charge in [-0.2, -0.15) is 0 Å². The first kappa shape index (κ1) is 13.8. The van der Waals surface area contributed by atoms with Gasteiger partial charge >= 0.3 is 0 Å². The Bertz CT molecular complexity index is 590. The van der Waals surface area contributed by atoms with Crippen LogP contribution >= 0.6 is 0 Å². The Morgan fingerprint density at radius 1 is 1.14 bits per heavy atom. The minimum atomic E-state index is 0.747. The van der Waals surface area contributed by atoms with Gasteiger partial charge in [0.25, 0.3) is 0 Å². The molecule has 0 saturated carbocycles. The van der Waals surface area contributed by atoms with Gasteiger partial charge in [0.1, 0.15) is 18.0 Å². The lowest BCUT2D eigenvalue weighted by molar-refractivity contribution is 0.851. The predicted molar refractivity (Wildman–Crippen MR) is 84.6 cm³/mol. The van der Waals surface area contributed by atoms with Gasteiger partial charge in [-0.25, -0.2) is 9.97 Å². The molecule has 0 amide bonds. The van der Waals surface area contributed by atoms with Crippen molar-refractivity contribution >= 4 is 11.6 Å². The van der Waals surface area contributed by atoms with E-state index in [4.69, 9.17) is 0 Å². The molecule has 5 heteroatoms. The van der Waals surface area contributed by atoms with E-state index >= 15 is 0 Å². The fraction of sp³-hybridized carbons (Fsp3) is 0.438. The molecule has 0 aliphatic carbocycles. The van der Waals surface area contributed by atoms with Crippen molar-refractivity contribution in [3.05, 3.63) is 42.0 Å². The highest BCUT2D eigenvalue weighted by atomic mass is 15.2. The van der Waals surface area contributed by atoms with Gasteiger partial charge in [-0.15, -0.1) is 0 Å². The highest BCUT2D eigenvalue weighted by molar-refractivity contribution is 5.50. The lowest BCUT2D eigenvalue weighted by Crippen LogP contribution is -2.22. The van der Waals surface area contributed by atoms with Crippen LogP contribution in [0.4, 0.5) is 11.6 Å². The molecule has 1 aliphatic heterocycles. The lowest BCUT2D eigenvalue weighted by Gasteiger charge is -2.21. The minimum absolute atomic E-state index is 0.747. The molecule has 3 heterocycles. The third kappa shape index (κ3) is 3.29. The van der Waals surface area contributed by atoms with Gasteiger partial charge in [0.2, 0.25) is 0 Å². The average molecular weight is 283 g/mol. The standard InChI is InChI=1S/C16H21N5/c1-13-5-6-14(17-10-13)11-20(2)15-9-16(19-12-18-15)21-7-3-4-8-21/h5-6,9-10,12H,3-4,7-8,11H2,1-2H3. The second kappa shape index (κ2) is 6.08. The van der Waals surface area contributed by atoms with Crippen LogP contribution in [0, 0.1) is 6.92 Å². The maximum Gasteiger partial charge on any atom is 0.134 e. The second-order valence-corrected chi connectivity index (χ2v) is 5.61. The molecular weight excluding hydrogens is 262 g/mol. The fourth-order valence-corrected chi connectivity index (χ4v) is 2.58. The molecule has 1 saturated heterocycles. The highest BCUT2D eigenvalue weighted by Gasteiger charge is 2.15. The van der Waals surface area contributed by atoms with Crippen LogP contribution in [0.15, 0.2) is 30.7 Å². The number of aryl methyl sites for hydroxylation is 1. The normalized spacial score (nSPS) is 14.5. The Morgan fingerprint density at radius 3 is 2.67 bits per heavy atom. The van der Waals surface area contributed by atoms with E-state index in [0.717, 1.165) is 37.0 Å². The Morgan fingerprint density at radius 2 is 1.95 bits per heavy atom. The molecule has 0 N–H and O–H groups in total. The van der Waals surface area contributed by atoms with E-state index in [1.165, 1.54) is 18.4 Å². The summed E-state index contributed by atoms with van der Waals surface area (Å²) in [5, 5.41) is 0. The van der Waals surface area contributed by atoms with Crippen molar-refractivity contribution in [1.29, 1.82) is 0 Å². The van der Waals surface area contributed by atoms with Crippen LogP contribution in [0.3, 0.4) is 0 Å². The largest absolute Gasteiger partial charge is 0.356 e. The van der Waals surface area contributed by atoms with E-state index in [2.05, 4.69) is 43.0 Å². The predicted octanol–water partition coefficient (Wildman–Crippen LogP) is 2.42. The van der Waals surface area contributed by atoms with Crippen LogP contribution in [-0.4, -0.2) is 35.1 Å². The van der Waals surface area contributed by atoms with E-state index in [1.54, 1.807) is 6.33 Å². The first-order valence-electron chi connectivity index (χ1n) is 7.42. The highest BCUT2D eigenvalue weighted by Crippen LogP contribution is 2.21. The molecule has 2 aromatic heterocycles. The fourth-order valence-electron chi connectivity index (χ4n) is 2.58. The van der Waals surface area contributed by atoms with Crippen molar-refractivity contribution in [2.75, 3.05) is 29.9 Å². The average Bonchev–Trinajstić information content (AvgIpc) is 3.04. The number of hydrogen-bond acceptors (Lipinski definition) is 5. The summed E-state index contributed by atoms with van der Waals surface area (Å²) in [7, 11) is 2.04. The van der Waals surface area contributed by atoms with Crippen LogP contribution < -0.4 is 9.80 Å². The molecule has 110 valence electrons. The van der Waals surface area contributed by atoms with Crippen LogP contribution in [0.5, 0.6) is 0 Å². The molecule has 5 nitrogen and oxygen atoms in total. The molecular formula is C16H21N5. The van der Waals surface area contributed by atoms with E-state index in [9.17, 15) is 0 Å². The van der Waals surface area contributed by atoms with Crippen molar-refractivity contribution in [2.24, 2.45) is 0 Å². The van der Waals surface area contributed by atoms with Gasteiger partial charge in [-0.1, -0.05) is 6.07 Å². The SMILES string of the molecule is Cc1ccc(CN(C)c2cc(N3CCCC3)ncn2)nc1. The first-order chi connectivity index (χ1) is 10.2. The molecule has 0 bridgehead atoms. The summed E-state index contributed by atoms with van der Waals surface area (Å²) in [6.45, 7) is 4.99. The van der Waals surface area contributed by atoms with E-state index in [0.29, 0.717) is 0 Å². The summed E-state index contributed by atoms with van der Waals surface area (Å²) in [4.78, 5) is 17.7. The zero-order chi connectivity index (χ0) is 14.7. The lowest BCUT2D eigenvalue weighted by atomic mass is 10.2. The molecule has 0 aromatic carbocycles. The van der Waals surface area contributed by atoms with E-state index in [-0.39, 0.29) is 0 Å². The molecule has 2 aromatic rings. The van der Waals surface area contributed by atoms with Gasteiger partial charge in [-0.05, 0) is 31.4 Å². The molecule has 0 spiro atoms. The summed E-state index contributed by atoms with van der Waals surface area (Å²) in [6.07, 6.45) is 6.06. The maximum atomic E-state index is 4.45. The van der Waals surface area contributed by atoms with Crippen LogP contribution in [-0.2, 0) is 6.54 Å². The third-order valence-electron chi connectivity index (χ3n) is 3.83. The van der Waals surface area contributed by atoms with Gasteiger partial charge in [0.15, 0.2) is 0 Å². The summed E-state index contributed by atoms with van der Waals surface area (Å²) in [5.41, 5.74) is 2.23. The Hall–Kier alpha value is -2.17. The number of nitrogens with zero attached hydrogens (tertiary/aromatic N) is 5. The summed E-state index contributed by atoms with van der Waals surface area (Å²) >= 11 is 0. The monoisotopic (exact) mass is 283 g/mol. The van der Waals surface area contributed by atoms with Crippen molar-refractivity contribution < 1.29 is 0 Å². The first-order valence-corrected chi connectivity index (χ1v) is 7.42. The molecule has 21 heavy (non-hydrogen) atoms. The molecule has 0 radical (unpaired) electrons. The number of anilines is 2. The van der Waals surface area contributed by atoms with Crippen LogP contribution in [0.2, 0.25) is 0 Å². The number of rotatable bonds is 4. The van der Waals surface area contributed by atoms with Crippen molar-refractivity contribution in [3.8, 4) is 0 Å². The zero-order valence-electron chi connectivity index (χ0n) is 12.7. The van der Waals surface area contributed by atoms with Crippen LogP contribution in [0.1, 0.15) is 24.1 Å². The molecule has 3 rings (SSSR count). The van der Waals surface area contributed by atoms with Crippen LogP contribution in [0.25, 0.3) is 0 Å². The molecule has 0 atom stereocenters.